The highest BCUT2D eigenvalue weighted by Gasteiger charge is 2.29. The SMILES string of the molecule is COC(=O)C1CCN(C(=O)c2sccc2Br)CC1. The van der Waals surface area contributed by atoms with Gasteiger partial charge in [0.2, 0.25) is 0 Å². The van der Waals surface area contributed by atoms with Crippen molar-refractivity contribution in [2.45, 2.75) is 12.8 Å². The van der Waals surface area contributed by atoms with Gasteiger partial charge in [-0.3, -0.25) is 9.59 Å². The van der Waals surface area contributed by atoms with Crippen LogP contribution in [0.4, 0.5) is 0 Å². The van der Waals surface area contributed by atoms with Crippen LogP contribution in [-0.4, -0.2) is 37.0 Å². The summed E-state index contributed by atoms with van der Waals surface area (Å²) < 4.78 is 5.57. The molecule has 2 rings (SSSR count). The molecule has 98 valence electrons. The van der Waals surface area contributed by atoms with Gasteiger partial charge in [0.25, 0.3) is 5.91 Å². The van der Waals surface area contributed by atoms with Crippen LogP contribution >= 0.6 is 27.3 Å². The monoisotopic (exact) mass is 331 g/mol. The summed E-state index contributed by atoms with van der Waals surface area (Å²) in [7, 11) is 1.41. The Balaban J connectivity index is 1.96. The number of ether oxygens (including phenoxy) is 1. The van der Waals surface area contributed by atoms with E-state index >= 15 is 0 Å². The fourth-order valence-corrected chi connectivity index (χ4v) is 3.58. The zero-order chi connectivity index (χ0) is 13.1. The Hall–Kier alpha value is -0.880. The van der Waals surface area contributed by atoms with Crippen molar-refractivity contribution in [3.63, 3.8) is 0 Å². The molecule has 0 saturated carbocycles. The van der Waals surface area contributed by atoms with E-state index in [2.05, 4.69) is 15.9 Å². The first-order valence-corrected chi connectivity index (χ1v) is 7.41. The van der Waals surface area contributed by atoms with Crippen molar-refractivity contribution in [1.82, 2.24) is 4.90 Å². The van der Waals surface area contributed by atoms with Crippen LogP contribution in [0.3, 0.4) is 0 Å². The summed E-state index contributed by atoms with van der Waals surface area (Å²) in [6.07, 6.45) is 1.36. The summed E-state index contributed by atoms with van der Waals surface area (Å²) in [4.78, 5) is 26.1. The second-order valence-electron chi connectivity index (χ2n) is 4.19. The minimum absolute atomic E-state index is 0.0418. The van der Waals surface area contributed by atoms with E-state index in [1.807, 2.05) is 11.4 Å². The summed E-state index contributed by atoms with van der Waals surface area (Å²) in [5.74, 6) is -0.189. The number of esters is 1. The third kappa shape index (κ3) is 2.75. The first-order valence-electron chi connectivity index (χ1n) is 5.73. The Bertz CT molecular complexity index is 452. The maximum atomic E-state index is 12.2. The molecule has 18 heavy (non-hydrogen) atoms. The zero-order valence-corrected chi connectivity index (χ0v) is 12.4. The van der Waals surface area contributed by atoms with Crippen molar-refractivity contribution in [3.05, 3.63) is 20.8 Å². The van der Waals surface area contributed by atoms with Gasteiger partial charge in [-0.25, -0.2) is 0 Å². The summed E-state index contributed by atoms with van der Waals surface area (Å²) in [5.41, 5.74) is 0. The molecular formula is C12H14BrNO3S. The van der Waals surface area contributed by atoms with Crippen LogP contribution < -0.4 is 0 Å². The summed E-state index contributed by atoms with van der Waals surface area (Å²) in [6.45, 7) is 1.23. The number of nitrogens with zero attached hydrogens (tertiary/aromatic N) is 1. The molecule has 1 saturated heterocycles. The first-order chi connectivity index (χ1) is 8.63. The van der Waals surface area contributed by atoms with E-state index in [1.165, 1.54) is 18.4 Å². The average molecular weight is 332 g/mol. The number of piperidine rings is 1. The molecule has 0 bridgehead atoms. The van der Waals surface area contributed by atoms with E-state index in [0.29, 0.717) is 25.9 Å². The van der Waals surface area contributed by atoms with Crippen LogP contribution in [-0.2, 0) is 9.53 Å². The number of carbonyl (C=O) groups is 2. The van der Waals surface area contributed by atoms with Crippen LogP contribution in [0.25, 0.3) is 0 Å². The lowest BCUT2D eigenvalue weighted by molar-refractivity contribution is -0.146. The number of hydrogen-bond acceptors (Lipinski definition) is 4. The second-order valence-corrected chi connectivity index (χ2v) is 5.96. The molecule has 0 radical (unpaired) electrons. The molecule has 0 aliphatic carbocycles. The topological polar surface area (TPSA) is 46.6 Å². The Kier molecular flexibility index (Phi) is 4.40. The number of amides is 1. The van der Waals surface area contributed by atoms with Gasteiger partial charge in [-0.05, 0) is 40.2 Å². The molecule has 1 aliphatic rings. The molecule has 6 heteroatoms. The predicted molar refractivity (Wildman–Crippen MR) is 72.7 cm³/mol. The van der Waals surface area contributed by atoms with Crippen LogP contribution in [0, 0.1) is 5.92 Å². The highest BCUT2D eigenvalue weighted by Crippen LogP contribution is 2.26. The molecule has 1 aromatic rings. The lowest BCUT2D eigenvalue weighted by Gasteiger charge is -2.30. The van der Waals surface area contributed by atoms with Gasteiger partial charge in [0.15, 0.2) is 0 Å². The van der Waals surface area contributed by atoms with Gasteiger partial charge < -0.3 is 9.64 Å². The maximum Gasteiger partial charge on any atom is 0.308 e. The average Bonchev–Trinajstić information content (AvgIpc) is 2.83. The quantitative estimate of drug-likeness (QED) is 0.782. The molecule has 1 aromatic heterocycles. The fourth-order valence-electron chi connectivity index (χ4n) is 2.07. The van der Waals surface area contributed by atoms with Gasteiger partial charge in [-0.2, -0.15) is 0 Å². The van der Waals surface area contributed by atoms with Crippen molar-refractivity contribution < 1.29 is 14.3 Å². The molecule has 0 unspecified atom stereocenters. The first kappa shape index (κ1) is 13.5. The molecule has 0 aromatic carbocycles. The van der Waals surface area contributed by atoms with Crippen molar-refractivity contribution in [2.24, 2.45) is 5.92 Å². The zero-order valence-electron chi connectivity index (χ0n) is 10.0. The van der Waals surface area contributed by atoms with Gasteiger partial charge in [-0.1, -0.05) is 0 Å². The van der Waals surface area contributed by atoms with Crippen molar-refractivity contribution in [3.8, 4) is 0 Å². The highest BCUT2D eigenvalue weighted by molar-refractivity contribution is 9.10. The van der Waals surface area contributed by atoms with Crippen LogP contribution in [0.5, 0.6) is 0 Å². The van der Waals surface area contributed by atoms with E-state index in [4.69, 9.17) is 4.74 Å². The van der Waals surface area contributed by atoms with Gasteiger partial charge in [0, 0.05) is 17.6 Å². The number of hydrogen-bond donors (Lipinski definition) is 0. The van der Waals surface area contributed by atoms with E-state index in [-0.39, 0.29) is 17.8 Å². The maximum absolute atomic E-state index is 12.2. The second kappa shape index (κ2) is 5.84. The molecule has 1 aliphatic heterocycles. The number of methoxy groups -OCH3 is 1. The van der Waals surface area contributed by atoms with Gasteiger partial charge in [0.05, 0.1) is 13.0 Å². The van der Waals surface area contributed by atoms with Crippen molar-refractivity contribution in [2.75, 3.05) is 20.2 Å². The Labute approximate surface area is 118 Å². The number of halogens is 1. The minimum Gasteiger partial charge on any atom is -0.469 e. The van der Waals surface area contributed by atoms with Crippen LogP contribution in [0.2, 0.25) is 0 Å². The molecule has 0 spiro atoms. The van der Waals surface area contributed by atoms with Crippen LogP contribution in [0.1, 0.15) is 22.5 Å². The lowest BCUT2D eigenvalue weighted by Crippen LogP contribution is -2.40. The standard InChI is InChI=1S/C12H14BrNO3S/c1-17-12(16)8-2-5-14(6-3-8)11(15)10-9(13)4-7-18-10/h4,7-8H,2-3,5-6H2,1H3. The molecular weight excluding hydrogens is 318 g/mol. The third-order valence-corrected chi connectivity index (χ3v) is 4.95. The van der Waals surface area contributed by atoms with E-state index < -0.39 is 0 Å². The number of rotatable bonds is 2. The summed E-state index contributed by atoms with van der Waals surface area (Å²) >= 11 is 4.80. The molecule has 2 heterocycles. The molecule has 4 nitrogen and oxygen atoms in total. The Morgan fingerprint density at radius 3 is 2.61 bits per heavy atom. The normalized spacial score (nSPS) is 16.7. The lowest BCUT2D eigenvalue weighted by atomic mass is 9.97. The van der Waals surface area contributed by atoms with E-state index in [9.17, 15) is 9.59 Å². The highest BCUT2D eigenvalue weighted by atomic mass is 79.9. The van der Waals surface area contributed by atoms with Crippen molar-refractivity contribution >= 4 is 39.1 Å². The smallest absolute Gasteiger partial charge is 0.308 e. The van der Waals surface area contributed by atoms with Gasteiger partial charge in [-0.15, -0.1) is 11.3 Å². The Morgan fingerprint density at radius 1 is 1.44 bits per heavy atom. The number of carbonyl (C=O) groups excluding carboxylic acids is 2. The third-order valence-electron chi connectivity index (χ3n) is 3.13. The van der Waals surface area contributed by atoms with E-state index in [1.54, 1.807) is 4.90 Å². The molecule has 0 N–H and O–H groups in total. The van der Waals surface area contributed by atoms with Gasteiger partial charge >= 0.3 is 5.97 Å². The summed E-state index contributed by atoms with van der Waals surface area (Å²) in [5, 5.41) is 1.89. The predicted octanol–water partition coefficient (Wildman–Crippen LogP) is 2.54. The summed E-state index contributed by atoms with van der Waals surface area (Å²) in [6, 6.07) is 1.87. The van der Waals surface area contributed by atoms with Crippen molar-refractivity contribution in [1.29, 1.82) is 0 Å². The van der Waals surface area contributed by atoms with Gasteiger partial charge in [0.1, 0.15) is 4.88 Å². The van der Waals surface area contributed by atoms with Crippen LogP contribution in [0.15, 0.2) is 15.9 Å². The minimum atomic E-state index is -0.167. The molecule has 1 amide bonds. The van der Waals surface area contributed by atoms with E-state index in [0.717, 1.165) is 9.35 Å². The number of thiophene rings is 1. The largest absolute Gasteiger partial charge is 0.469 e. The Morgan fingerprint density at radius 2 is 2.11 bits per heavy atom. The number of likely N-dealkylation sites (tertiary alicyclic amines) is 1. The molecule has 0 atom stereocenters. The molecule has 1 fully saturated rings. The fraction of sp³-hybridized carbons (Fsp3) is 0.500.